The number of anilines is 1. The van der Waals surface area contributed by atoms with Crippen LogP contribution in [0.5, 0.6) is 0 Å². The van der Waals surface area contributed by atoms with Gasteiger partial charge in [-0.2, -0.15) is 0 Å². The average Bonchev–Trinajstić information content (AvgIpc) is 2.71. The van der Waals surface area contributed by atoms with Crippen LogP contribution in [-0.4, -0.2) is 11.5 Å². The molecule has 0 atom stereocenters. The van der Waals surface area contributed by atoms with Crippen molar-refractivity contribution in [3.8, 4) is 0 Å². The van der Waals surface area contributed by atoms with Crippen molar-refractivity contribution in [1.82, 2.24) is 0 Å². The summed E-state index contributed by atoms with van der Waals surface area (Å²) < 4.78 is 0. The number of hydrogen-bond acceptors (Lipinski definition) is 3. The van der Waals surface area contributed by atoms with Gasteiger partial charge >= 0.3 is 0 Å². The molecule has 0 N–H and O–H groups in total. The predicted molar refractivity (Wildman–Crippen MR) is 54.2 cm³/mol. The van der Waals surface area contributed by atoms with Gasteiger partial charge in [0, 0.05) is 30.6 Å². The van der Waals surface area contributed by atoms with Crippen molar-refractivity contribution in [3.05, 3.63) is 46.7 Å². The van der Waals surface area contributed by atoms with Gasteiger partial charge in [-0.1, -0.05) is 12.1 Å². The lowest BCUT2D eigenvalue weighted by atomic mass is 10.2. The molecule has 0 fully saturated rings. The van der Waals surface area contributed by atoms with E-state index < -0.39 is 0 Å². The molecule has 1 aliphatic heterocycles. The lowest BCUT2D eigenvalue weighted by Gasteiger charge is -2.14. The molecule has 0 spiro atoms. The van der Waals surface area contributed by atoms with E-state index in [9.17, 15) is 10.1 Å². The second-order valence-corrected chi connectivity index (χ2v) is 3.14. The van der Waals surface area contributed by atoms with E-state index in [1.54, 1.807) is 12.1 Å². The highest BCUT2D eigenvalue weighted by molar-refractivity contribution is 5.55. The Morgan fingerprint density at radius 3 is 2.93 bits per heavy atom. The Hall–Kier alpha value is -1.84. The molecule has 0 unspecified atom stereocenters. The van der Waals surface area contributed by atoms with Crippen LogP contribution in [0.15, 0.2) is 36.5 Å². The minimum Gasteiger partial charge on any atom is -0.348 e. The van der Waals surface area contributed by atoms with E-state index in [4.69, 9.17) is 0 Å². The van der Waals surface area contributed by atoms with Gasteiger partial charge in [0.05, 0.1) is 4.92 Å². The van der Waals surface area contributed by atoms with Crippen LogP contribution in [0.3, 0.4) is 0 Å². The molecule has 4 nitrogen and oxygen atoms in total. The standard InChI is InChI=1S/C10H10N2O2/c13-12(14)10-5-3-4-9(8-10)11-6-1-2-7-11/h1,3-6,8H,2,7H2. The second-order valence-electron chi connectivity index (χ2n) is 3.14. The van der Waals surface area contributed by atoms with Crippen LogP contribution in [-0.2, 0) is 0 Å². The molecule has 14 heavy (non-hydrogen) atoms. The maximum absolute atomic E-state index is 10.5. The van der Waals surface area contributed by atoms with Gasteiger partial charge in [-0.25, -0.2) is 0 Å². The van der Waals surface area contributed by atoms with E-state index in [1.807, 2.05) is 17.2 Å². The molecular formula is C10H10N2O2. The first-order chi connectivity index (χ1) is 6.77. The van der Waals surface area contributed by atoms with Crippen LogP contribution in [0.1, 0.15) is 6.42 Å². The van der Waals surface area contributed by atoms with Crippen LogP contribution < -0.4 is 4.90 Å². The number of benzene rings is 1. The fraction of sp³-hybridized carbons (Fsp3) is 0.200. The summed E-state index contributed by atoms with van der Waals surface area (Å²) in [7, 11) is 0. The van der Waals surface area contributed by atoms with Gasteiger partial charge < -0.3 is 4.90 Å². The normalized spacial score (nSPS) is 14.7. The van der Waals surface area contributed by atoms with Gasteiger partial charge in [0.15, 0.2) is 0 Å². The third-order valence-electron chi connectivity index (χ3n) is 2.19. The first-order valence-corrected chi connectivity index (χ1v) is 4.45. The Labute approximate surface area is 81.6 Å². The van der Waals surface area contributed by atoms with E-state index in [-0.39, 0.29) is 10.6 Å². The highest BCUT2D eigenvalue weighted by atomic mass is 16.6. The molecule has 0 radical (unpaired) electrons. The van der Waals surface area contributed by atoms with Gasteiger partial charge in [0.1, 0.15) is 0 Å². The Kier molecular flexibility index (Phi) is 2.18. The van der Waals surface area contributed by atoms with Crippen molar-refractivity contribution in [2.45, 2.75) is 6.42 Å². The molecule has 1 aliphatic rings. The summed E-state index contributed by atoms with van der Waals surface area (Å²) in [5.74, 6) is 0. The second kappa shape index (κ2) is 3.49. The Morgan fingerprint density at radius 2 is 2.29 bits per heavy atom. The summed E-state index contributed by atoms with van der Waals surface area (Å²) in [4.78, 5) is 12.2. The van der Waals surface area contributed by atoms with E-state index in [2.05, 4.69) is 6.08 Å². The van der Waals surface area contributed by atoms with Crippen LogP contribution in [0.4, 0.5) is 11.4 Å². The van der Waals surface area contributed by atoms with Gasteiger partial charge in [-0.15, -0.1) is 0 Å². The Balaban J connectivity index is 2.30. The minimum absolute atomic E-state index is 0.141. The van der Waals surface area contributed by atoms with Crippen molar-refractivity contribution in [3.63, 3.8) is 0 Å². The lowest BCUT2D eigenvalue weighted by molar-refractivity contribution is -0.384. The van der Waals surface area contributed by atoms with E-state index in [0.29, 0.717) is 0 Å². The van der Waals surface area contributed by atoms with Crippen LogP contribution in [0.25, 0.3) is 0 Å². The third-order valence-corrected chi connectivity index (χ3v) is 2.19. The maximum Gasteiger partial charge on any atom is 0.271 e. The zero-order valence-electron chi connectivity index (χ0n) is 7.59. The molecular weight excluding hydrogens is 180 g/mol. The monoisotopic (exact) mass is 190 g/mol. The summed E-state index contributed by atoms with van der Waals surface area (Å²) in [6.45, 7) is 0.904. The fourth-order valence-electron chi connectivity index (χ4n) is 1.49. The SMILES string of the molecule is O=[N+]([O-])c1cccc(N2C=CCC2)c1. The van der Waals surface area contributed by atoms with Crippen LogP contribution in [0.2, 0.25) is 0 Å². The topological polar surface area (TPSA) is 46.4 Å². The number of nitro groups is 1. The molecule has 4 heteroatoms. The number of nitro benzene ring substituents is 1. The highest BCUT2D eigenvalue weighted by Crippen LogP contribution is 2.23. The van der Waals surface area contributed by atoms with Crippen LogP contribution >= 0.6 is 0 Å². The maximum atomic E-state index is 10.5. The summed E-state index contributed by atoms with van der Waals surface area (Å²) in [5, 5.41) is 10.5. The number of rotatable bonds is 2. The Morgan fingerprint density at radius 1 is 1.43 bits per heavy atom. The minimum atomic E-state index is -0.372. The summed E-state index contributed by atoms with van der Waals surface area (Å²) in [6.07, 6.45) is 5.01. The first-order valence-electron chi connectivity index (χ1n) is 4.45. The molecule has 0 amide bonds. The molecule has 2 rings (SSSR count). The molecule has 0 saturated carbocycles. The molecule has 0 aromatic heterocycles. The molecule has 1 aromatic rings. The van der Waals surface area contributed by atoms with Crippen molar-refractivity contribution in [1.29, 1.82) is 0 Å². The Bertz CT molecular complexity index is 387. The van der Waals surface area contributed by atoms with E-state index >= 15 is 0 Å². The highest BCUT2D eigenvalue weighted by Gasteiger charge is 2.11. The molecule has 0 aliphatic carbocycles. The molecule has 0 bridgehead atoms. The predicted octanol–water partition coefficient (Wildman–Crippen LogP) is 2.32. The van der Waals surface area contributed by atoms with Crippen molar-refractivity contribution in [2.24, 2.45) is 0 Å². The van der Waals surface area contributed by atoms with Crippen molar-refractivity contribution >= 4 is 11.4 Å². The smallest absolute Gasteiger partial charge is 0.271 e. The van der Waals surface area contributed by atoms with Gasteiger partial charge in [0.2, 0.25) is 0 Å². The summed E-state index contributed by atoms with van der Waals surface area (Å²) >= 11 is 0. The van der Waals surface area contributed by atoms with Gasteiger partial charge in [-0.05, 0) is 12.5 Å². The number of nitrogens with zero attached hydrogens (tertiary/aromatic N) is 2. The lowest BCUT2D eigenvalue weighted by Crippen LogP contribution is -2.11. The third kappa shape index (κ3) is 1.59. The summed E-state index contributed by atoms with van der Waals surface area (Å²) in [5.41, 5.74) is 1.02. The molecule has 0 saturated heterocycles. The number of hydrogen-bond donors (Lipinski definition) is 0. The van der Waals surface area contributed by atoms with Gasteiger partial charge in [-0.3, -0.25) is 10.1 Å². The zero-order chi connectivity index (χ0) is 9.97. The fourth-order valence-corrected chi connectivity index (χ4v) is 1.49. The first kappa shape index (κ1) is 8.74. The number of non-ortho nitro benzene ring substituents is 1. The average molecular weight is 190 g/mol. The summed E-state index contributed by atoms with van der Waals surface area (Å²) in [6, 6.07) is 6.68. The van der Waals surface area contributed by atoms with Gasteiger partial charge in [0.25, 0.3) is 5.69 Å². The quantitative estimate of drug-likeness (QED) is 0.531. The molecule has 1 heterocycles. The zero-order valence-corrected chi connectivity index (χ0v) is 7.59. The molecule has 72 valence electrons. The van der Waals surface area contributed by atoms with Crippen molar-refractivity contribution < 1.29 is 4.92 Å². The van der Waals surface area contributed by atoms with Crippen molar-refractivity contribution in [2.75, 3.05) is 11.4 Å². The van der Waals surface area contributed by atoms with E-state index in [0.717, 1.165) is 18.7 Å². The van der Waals surface area contributed by atoms with Crippen LogP contribution in [0, 0.1) is 10.1 Å². The van der Waals surface area contributed by atoms with E-state index in [1.165, 1.54) is 6.07 Å². The largest absolute Gasteiger partial charge is 0.348 e. The molecule has 1 aromatic carbocycles.